The van der Waals surface area contributed by atoms with E-state index < -0.39 is 5.60 Å². The van der Waals surface area contributed by atoms with Crippen molar-refractivity contribution in [2.24, 2.45) is 0 Å². The maximum Gasteiger partial charge on any atom is 0.196 e. The minimum atomic E-state index is -0.804. The van der Waals surface area contributed by atoms with Crippen LogP contribution in [0.1, 0.15) is 17.3 Å². The Balaban J connectivity index is 2.24. The van der Waals surface area contributed by atoms with Crippen molar-refractivity contribution in [3.63, 3.8) is 0 Å². The number of hydrogen-bond donors (Lipinski definition) is 0. The molecule has 1 unspecified atom stereocenters. The van der Waals surface area contributed by atoms with Gasteiger partial charge >= 0.3 is 0 Å². The van der Waals surface area contributed by atoms with Crippen molar-refractivity contribution in [3.8, 4) is 0 Å². The number of carbonyl (C=O) groups excluding carboxylic acids is 1. The lowest BCUT2D eigenvalue weighted by Gasteiger charge is -2.18. The number of hydrogen-bond acceptors (Lipinski definition) is 3. The molecule has 1 aromatic rings. The second kappa shape index (κ2) is 3.52. The molecule has 0 spiro atoms. The summed E-state index contributed by atoms with van der Waals surface area (Å²) in [5.74, 6) is -0.0180. The first-order valence-electron chi connectivity index (χ1n) is 4.54. The second-order valence-electron chi connectivity index (χ2n) is 3.54. The average Bonchev–Trinajstić information content (AvgIpc) is 2.67. The molecule has 0 aromatic heterocycles. The zero-order valence-electron chi connectivity index (χ0n) is 8.03. The largest absolute Gasteiger partial charge is 0.352 e. The summed E-state index contributed by atoms with van der Waals surface area (Å²) in [7, 11) is 0. The first-order valence-corrected chi connectivity index (χ1v) is 4.54. The van der Waals surface area contributed by atoms with Crippen LogP contribution < -0.4 is 0 Å². The molecule has 1 aliphatic rings. The van der Waals surface area contributed by atoms with Crippen LogP contribution >= 0.6 is 0 Å². The van der Waals surface area contributed by atoms with Gasteiger partial charge in [0, 0.05) is 5.56 Å². The van der Waals surface area contributed by atoms with Gasteiger partial charge < -0.3 is 9.47 Å². The molecule has 0 radical (unpaired) electrons. The van der Waals surface area contributed by atoms with Gasteiger partial charge in [0.1, 0.15) is 6.79 Å². The van der Waals surface area contributed by atoms with Crippen LogP contribution in [0.2, 0.25) is 0 Å². The highest BCUT2D eigenvalue weighted by Crippen LogP contribution is 2.22. The van der Waals surface area contributed by atoms with Crippen molar-refractivity contribution in [2.75, 3.05) is 13.4 Å². The smallest absolute Gasteiger partial charge is 0.196 e. The van der Waals surface area contributed by atoms with E-state index in [4.69, 9.17) is 9.47 Å². The minimum Gasteiger partial charge on any atom is -0.352 e. The Kier molecular flexibility index (Phi) is 2.35. The first kappa shape index (κ1) is 9.37. The van der Waals surface area contributed by atoms with E-state index in [1.54, 1.807) is 19.1 Å². The molecule has 14 heavy (non-hydrogen) atoms. The van der Waals surface area contributed by atoms with Crippen LogP contribution in [0.5, 0.6) is 0 Å². The Bertz CT molecular complexity index is 326. The molecule has 1 fully saturated rings. The van der Waals surface area contributed by atoms with Gasteiger partial charge in [0.15, 0.2) is 11.4 Å². The van der Waals surface area contributed by atoms with Crippen molar-refractivity contribution in [1.29, 1.82) is 0 Å². The highest BCUT2D eigenvalue weighted by Gasteiger charge is 2.39. The molecule has 1 heterocycles. The Morgan fingerprint density at radius 1 is 1.36 bits per heavy atom. The van der Waals surface area contributed by atoms with E-state index in [0.717, 1.165) is 0 Å². The molecule has 0 bridgehead atoms. The van der Waals surface area contributed by atoms with Gasteiger partial charge in [-0.3, -0.25) is 4.79 Å². The standard InChI is InChI=1S/C11H12O3/c1-11(7-13-8-14-11)10(12)9-5-3-2-4-6-9/h2-6H,7-8H2,1H3. The SMILES string of the molecule is CC1(C(=O)c2ccccc2)COCO1. The van der Waals surface area contributed by atoms with Crippen molar-refractivity contribution in [3.05, 3.63) is 35.9 Å². The number of ketones is 1. The third-order valence-corrected chi connectivity index (χ3v) is 2.35. The second-order valence-corrected chi connectivity index (χ2v) is 3.54. The summed E-state index contributed by atoms with van der Waals surface area (Å²) < 4.78 is 10.3. The molecule has 0 saturated carbocycles. The molecule has 1 atom stereocenters. The van der Waals surface area contributed by atoms with Crippen molar-refractivity contribution < 1.29 is 14.3 Å². The molecule has 3 nitrogen and oxygen atoms in total. The summed E-state index contributed by atoms with van der Waals surface area (Å²) in [6.07, 6.45) is 0. The van der Waals surface area contributed by atoms with Crippen molar-refractivity contribution in [1.82, 2.24) is 0 Å². The fourth-order valence-electron chi connectivity index (χ4n) is 1.48. The fraction of sp³-hybridized carbons (Fsp3) is 0.364. The molecule has 0 N–H and O–H groups in total. The zero-order chi connectivity index (χ0) is 10.0. The lowest BCUT2D eigenvalue weighted by Crippen LogP contribution is -2.37. The van der Waals surface area contributed by atoms with Crippen molar-refractivity contribution in [2.45, 2.75) is 12.5 Å². The van der Waals surface area contributed by atoms with Crippen LogP contribution in [-0.4, -0.2) is 24.8 Å². The van der Waals surface area contributed by atoms with Gasteiger partial charge in [-0.25, -0.2) is 0 Å². The highest BCUT2D eigenvalue weighted by atomic mass is 16.7. The molecular weight excluding hydrogens is 180 g/mol. The predicted octanol–water partition coefficient (Wildman–Crippen LogP) is 1.63. The maximum absolute atomic E-state index is 12.0. The Morgan fingerprint density at radius 2 is 2.07 bits per heavy atom. The van der Waals surface area contributed by atoms with Gasteiger partial charge in [-0.15, -0.1) is 0 Å². The van der Waals surface area contributed by atoms with E-state index in [0.29, 0.717) is 12.2 Å². The van der Waals surface area contributed by atoms with Gasteiger partial charge in [-0.1, -0.05) is 30.3 Å². The molecule has 0 aliphatic carbocycles. The Labute approximate surface area is 82.6 Å². The van der Waals surface area contributed by atoms with E-state index >= 15 is 0 Å². The summed E-state index contributed by atoms with van der Waals surface area (Å²) in [4.78, 5) is 12.0. The molecule has 74 valence electrons. The third-order valence-electron chi connectivity index (χ3n) is 2.35. The monoisotopic (exact) mass is 192 g/mol. The lowest BCUT2D eigenvalue weighted by molar-refractivity contribution is 0.00761. The van der Waals surface area contributed by atoms with Gasteiger partial charge in [0.2, 0.25) is 0 Å². The third kappa shape index (κ3) is 1.56. The zero-order valence-corrected chi connectivity index (χ0v) is 8.03. The average molecular weight is 192 g/mol. The van der Waals surface area contributed by atoms with Crippen LogP contribution in [-0.2, 0) is 9.47 Å². The quantitative estimate of drug-likeness (QED) is 0.668. The van der Waals surface area contributed by atoms with Gasteiger partial charge in [0.25, 0.3) is 0 Å². The van der Waals surface area contributed by atoms with Crippen LogP contribution in [0.25, 0.3) is 0 Å². The summed E-state index contributed by atoms with van der Waals surface area (Å²) in [5, 5.41) is 0. The molecule has 1 aliphatic heterocycles. The Morgan fingerprint density at radius 3 is 2.64 bits per heavy atom. The maximum atomic E-state index is 12.0. The van der Waals surface area contributed by atoms with Crippen LogP contribution in [0, 0.1) is 0 Å². The minimum absolute atomic E-state index is 0.0180. The topological polar surface area (TPSA) is 35.5 Å². The molecule has 2 rings (SSSR count). The summed E-state index contributed by atoms with van der Waals surface area (Å²) in [6, 6.07) is 9.13. The van der Waals surface area contributed by atoms with E-state index in [9.17, 15) is 4.79 Å². The molecule has 1 aromatic carbocycles. The molecule has 1 saturated heterocycles. The lowest BCUT2D eigenvalue weighted by atomic mass is 9.96. The molecular formula is C11H12O3. The summed E-state index contributed by atoms with van der Waals surface area (Å²) in [6.45, 7) is 2.30. The highest BCUT2D eigenvalue weighted by molar-refractivity contribution is 6.02. The number of ether oxygens (including phenoxy) is 2. The van der Waals surface area contributed by atoms with E-state index in [2.05, 4.69) is 0 Å². The van der Waals surface area contributed by atoms with Crippen LogP contribution in [0.3, 0.4) is 0 Å². The number of Topliss-reactive ketones (excluding diaryl/α,β-unsaturated/α-hetero) is 1. The fourth-order valence-corrected chi connectivity index (χ4v) is 1.48. The van der Waals surface area contributed by atoms with Crippen LogP contribution in [0.15, 0.2) is 30.3 Å². The van der Waals surface area contributed by atoms with Crippen LogP contribution in [0.4, 0.5) is 0 Å². The summed E-state index contributed by atoms with van der Waals surface area (Å²) >= 11 is 0. The van der Waals surface area contributed by atoms with E-state index in [1.807, 2.05) is 18.2 Å². The predicted molar refractivity (Wildman–Crippen MR) is 51.1 cm³/mol. The number of rotatable bonds is 2. The first-order chi connectivity index (χ1) is 6.72. The number of carbonyl (C=O) groups is 1. The van der Waals surface area contributed by atoms with E-state index in [1.165, 1.54) is 0 Å². The normalized spacial score (nSPS) is 26.4. The number of benzene rings is 1. The molecule has 3 heteroatoms. The van der Waals surface area contributed by atoms with Crippen molar-refractivity contribution >= 4 is 5.78 Å². The molecule has 0 amide bonds. The Hall–Kier alpha value is -1.19. The van der Waals surface area contributed by atoms with Gasteiger partial charge in [-0.05, 0) is 6.92 Å². The van der Waals surface area contributed by atoms with E-state index in [-0.39, 0.29) is 12.6 Å². The van der Waals surface area contributed by atoms with Gasteiger partial charge in [0.05, 0.1) is 6.61 Å². The van der Waals surface area contributed by atoms with Gasteiger partial charge in [-0.2, -0.15) is 0 Å². The summed E-state index contributed by atoms with van der Waals surface area (Å²) in [5.41, 5.74) is -0.137.